The number of halogens is 2. The van der Waals surface area contributed by atoms with E-state index in [-0.39, 0.29) is 27.1 Å². The number of barbiturate groups is 1. The third-order valence-electron chi connectivity index (χ3n) is 4.47. The molecule has 1 aliphatic heterocycles. The van der Waals surface area contributed by atoms with Crippen LogP contribution in [0.5, 0.6) is 5.75 Å². The molecule has 0 atom stereocenters. The Labute approximate surface area is 180 Å². The van der Waals surface area contributed by atoms with Gasteiger partial charge < -0.3 is 9.67 Å². The Morgan fingerprint density at radius 2 is 1.67 bits per heavy atom. The molecule has 0 radical (unpaired) electrons. The molecule has 7 nitrogen and oxygen atoms in total. The number of rotatable bonds is 3. The first kappa shape index (κ1) is 19.8. The van der Waals surface area contributed by atoms with Gasteiger partial charge in [-0.3, -0.25) is 14.9 Å². The molecule has 30 heavy (non-hydrogen) atoms. The monoisotopic (exact) mass is 441 g/mol. The van der Waals surface area contributed by atoms with E-state index in [9.17, 15) is 19.5 Å². The normalized spacial score (nSPS) is 15.6. The van der Waals surface area contributed by atoms with Crippen molar-refractivity contribution in [2.45, 2.75) is 0 Å². The quantitative estimate of drug-likeness (QED) is 0.471. The van der Waals surface area contributed by atoms with Crippen molar-refractivity contribution >= 4 is 52.8 Å². The lowest BCUT2D eigenvalue weighted by Gasteiger charge is -2.27. The number of aromatic hydroxyl groups is 1. The first-order valence-corrected chi connectivity index (χ1v) is 9.44. The number of imide groups is 2. The van der Waals surface area contributed by atoms with Crippen LogP contribution < -0.4 is 10.2 Å². The smallest absolute Gasteiger partial charge is 0.336 e. The summed E-state index contributed by atoms with van der Waals surface area (Å²) < 4.78 is 1.72. The lowest BCUT2D eigenvalue weighted by atomic mass is 10.1. The Morgan fingerprint density at radius 3 is 2.40 bits per heavy atom. The molecule has 150 valence electrons. The topological polar surface area (TPSA) is 91.6 Å². The van der Waals surface area contributed by atoms with Crippen LogP contribution in [-0.4, -0.2) is 27.5 Å². The molecular weight excluding hydrogens is 429 g/mol. The van der Waals surface area contributed by atoms with E-state index in [0.717, 1.165) is 4.90 Å². The molecule has 3 aromatic rings. The van der Waals surface area contributed by atoms with Gasteiger partial charge in [0.15, 0.2) is 0 Å². The van der Waals surface area contributed by atoms with E-state index < -0.39 is 17.8 Å². The summed E-state index contributed by atoms with van der Waals surface area (Å²) in [5, 5.41) is 11.8. The van der Waals surface area contributed by atoms with Crippen molar-refractivity contribution in [3.05, 3.63) is 82.1 Å². The minimum Gasteiger partial charge on any atom is -0.508 e. The summed E-state index contributed by atoms with van der Waals surface area (Å²) in [4.78, 5) is 38.6. The number of nitrogens with one attached hydrogen (secondary N) is 1. The molecule has 2 aromatic carbocycles. The van der Waals surface area contributed by atoms with Crippen LogP contribution in [0.4, 0.5) is 10.5 Å². The standard InChI is InChI=1S/C21H13Cl2N3O4/c22-16-4-1-5-17(18(16)23)26-20(29)15(19(28)24-21(26)30)11-13-3-2-10-25(13)12-6-8-14(27)9-7-12/h1-11,27H,(H,24,28,30)/b15-11+. The van der Waals surface area contributed by atoms with Gasteiger partial charge in [-0.2, -0.15) is 0 Å². The Bertz CT molecular complexity index is 1220. The van der Waals surface area contributed by atoms with Crippen LogP contribution in [0, 0.1) is 0 Å². The van der Waals surface area contributed by atoms with Gasteiger partial charge in [0.1, 0.15) is 11.3 Å². The lowest BCUT2D eigenvalue weighted by molar-refractivity contribution is -0.122. The van der Waals surface area contributed by atoms with Crippen LogP contribution in [0.3, 0.4) is 0 Å². The van der Waals surface area contributed by atoms with Crippen LogP contribution in [0.1, 0.15) is 5.69 Å². The third kappa shape index (κ3) is 3.45. The summed E-state index contributed by atoms with van der Waals surface area (Å²) in [6, 6.07) is 13.4. The van der Waals surface area contributed by atoms with Crippen molar-refractivity contribution < 1.29 is 19.5 Å². The van der Waals surface area contributed by atoms with Gasteiger partial charge in [0.05, 0.1) is 15.7 Å². The van der Waals surface area contributed by atoms with E-state index >= 15 is 0 Å². The highest BCUT2D eigenvalue weighted by molar-refractivity contribution is 6.46. The fourth-order valence-corrected chi connectivity index (χ4v) is 3.43. The molecule has 0 unspecified atom stereocenters. The van der Waals surface area contributed by atoms with Crippen LogP contribution in [-0.2, 0) is 9.59 Å². The second-order valence-corrected chi connectivity index (χ2v) is 7.14. The fourth-order valence-electron chi connectivity index (χ4n) is 3.05. The maximum atomic E-state index is 13.1. The number of aromatic nitrogens is 1. The molecule has 9 heteroatoms. The first-order chi connectivity index (χ1) is 14.4. The summed E-state index contributed by atoms with van der Waals surface area (Å²) in [6.45, 7) is 0. The van der Waals surface area contributed by atoms with Crippen LogP contribution >= 0.6 is 23.2 Å². The van der Waals surface area contributed by atoms with Crippen LogP contribution in [0.25, 0.3) is 11.8 Å². The zero-order valence-corrected chi connectivity index (χ0v) is 16.7. The number of nitrogens with zero attached hydrogens (tertiary/aromatic N) is 2. The summed E-state index contributed by atoms with van der Waals surface area (Å²) in [5.41, 5.74) is 1.05. The zero-order valence-electron chi connectivity index (χ0n) is 15.2. The molecule has 4 rings (SSSR count). The van der Waals surface area contributed by atoms with Crippen molar-refractivity contribution in [2.75, 3.05) is 4.90 Å². The van der Waals surface area contributed by atoms with Gasteiger partial charge >= 0.3 is 6.03 Å². The Balaban J connectivity index is 1.77. The molecule has 2 heterocycles. The number of phenols is 1. The second kappa shape index (κ2) is 7.70. The molecule has 0 saturated carbocycles. The molecule has 1 fully saturated rings. The number of anilines is 1. The number of urea groups is 1. The molecule has 0 aliphatic carbocycles. The van der Waals surface area contributed by atoms with Crippen molar-refractivity contribution in [3.8, 4) is 11.4 Å². The number of carbonyl (C=O) groups excluding carboxylic acids is 3. The summed E-state index contributed by atoms with van der Waals surface area (Å²) >= 11 is 12.2. The van der Waals surface area contributed by atoms with Crippen molar-refractivity contribution in [1.82, 2.24) is 9.88 Å². The van der Waals surface area contributed by atoms with E-state index in [1.165, 1.54) is 30.3 Å². The highest BCUT2D eigenvalue weighted by atomic mass is 35.5. The van der Waals surface area contributed by atoms with E-state index in [1.54, 1.807) is 41.1 Å². The molecule has 0 bridgehead atoms. The van der Waals surface area contributed by atoms with Crippen LogP contribution in [0.2, 0.25) is 10.0 Å². The van der Waals surface area contributed by atoms with Gasteiger partial charge in [-0.05, 0) is 54.6 Å². The molecule has 1 aliphatic rings. The molecule has 1 aromatic heterocycles. The van der Waals surface area contributed by atoms with Crippen LogP contribution in [0.15, 0.2) is 66.4 Å². The number of carbonyl (C=O) groups is 3. The number of benzene rings is 2. The number of hydrogen-bond acceptors (Lipinski definition) is 4. The average molecular weight is 442 g/mol. The van der Waals surface area contributed by atoms with Gasteiger partial charge in [0.25, 0.3) is 11.8 Å². The predicted octanol–water partition coefficient (Wildman–Crippen LogP) is 4.16. The van der Waals surface area contributed by atoms with E-state index in [0.29, 0.717) is 11.4 Å². The Kier molecular flexibility index (Phi) is 5.07. The highest BCUT2D eigenvalue weighted by Crippen LogP contribution is 2.34. The van der Waals surface area contributed by atoms with Gasteiger partial charge in [0.2, 0.25) is 0 Å². The van der Waals surface area contributed by atoms with Gasteiger partial charge in [-0.1, -0.05) is 29.3 Å². The largest absolute Gasteiger partial charge is 0.508 e. The maximum absolute atomic E-state index is 13.1. The maximum Gasteiger partial charge on any atom is 0.336 e. The minimum atomic E-state index is -0.916. The summed E-state index contributed by atoms with van der Waals surface area (Å²) in [5.74, 6) is -1.54. The molecule has 0 spiro atoms. The van der Waals surface area contributed by atoms with E-state index in [1.807, 2.05) is 0 Å². The van der Waals surface area contributed by atoms with Gasteiger partial charge in [-0.25, -0.2) is 9.69 Å². The number of amides is 4. The summed E-state index contributed by atoms with van der Waals surface area (Å²) in [7, 11) is 0. The first-order valence-electron chi connectivity index (χ1n) is 8.69. The Morgan fingerprint density at radius 1 is 0.933 bits per heavy atom. The third-order valence-corrected chi connectivity index (χ3v) is 5.28. The van der Waals surface area contributed by atoms with Gasteiger partial charge in [0, 0.05) is 17.6 Å². The molecular formula is C21H13Cl2N3O4. The van der Waals surface area contributed by atoms with E-state index in [2.05, 4.69) is 5.32 Å². The average Bonchev–Trinajstić information content (AvgIpc) is 3.17. The Hall–Kier alpha value is -3.55. The SMILES string of the molecule is O=C1NC(=O)N(c2cccc(Cl)c2Cl)C(=O)/C1=C/c1cccn1-c1ccc(O)cc1. The van der Waals surface area contributed by atoms with Crippen molar-refractivity contribution in [2.24, 2.45) is 0 Å². The molecule has 4 amide bonds. The second-order valence-electron chi connectivity index (χ2n) is 6.35. The van der Waals surface area contributed by atoms with E-state index in [4.69, 9.17) is 23.2 Å². The zero-order chi connectivity index (χ0) is 21.4. The van der Waals surface area contributed by atoms with Gasteiger partial charge in [-0.15, -0.1) is 0 Å². The van der Waals surface area contributed by atoms with Crippen molar-refractivity contribution in [1.29, 1.82) is 0 Å². The highest BCUT2D eigenvalue weighted by Gasteiger charge is 2.38. The van der Waals surface area contributed by atoms with Crippen molar-refractivity contribution in [3.63, 3.8) is 0 Å². The predicted molar refractivity (Wildman–Crippen MR) is 113 cm³/mol. The number of hydrogen-bond donors (Lipinski definition) is 2. The summed E-state index contributed by atoms with van der Waals surface area (Å²) in [6.07, 6.45) is 3.11. The number of phenolic OH excluding ortho intramolecular Hbond substituents is 1. The minimum absolute atomic E-state index is 0.0174. The molecule has 2 N–H and O–H groups in total. The molecule has 1 saturated heterocycles. The fraction of sp³-hybridized carbons (Fsp3) is 0. The lowest BCUT2D eigenvalue weighted by Crippen LogP contribution is -2.54.